The van der Waals surface area contributed by atoms with Crippen LogP contribution in [0.1, 0.15) is 5.82 Å². The molecule has 0 bridgehead atoms. The molecule has 1 atom stereocenters. The Morgan fingerprint density at radius 1 is 1.60 bits per heavy atom. The van der Waals surface area contributed by atoms with Gasteiger partial charge < -0.3 is 24.2 Å². The molecule has 110 valence electrons. The van der Waals surface area contributed by atoms with E-state index in [1.165, 1.54) is 9.80 Å². The molecule has 1 aliphatic rings. The van der Waals surface area contributed by atoms with Crippen molar-refractivity contribution in [2.45, 2.75) is 12.6 Å². The number of rotatable bonds is 3. The molecular weight excluding hydrogens is 264 g/mol. The third kappa shape index (κ3) is 2.90. The fraction of sp³-hybridized carbons (Fsp3) is 0.583. The average molecular weight is 282 g/mol. The van der Waals surface area contributed by atoms with E-state index in [2.05, 4.69) is 4.98 Å². The highest BCUT2D eigenvalue weighted by atomic mass is 16.5. The summed E-state index contributed by atoms with van der Waals surface area (Å²) in [7, 11) is 3.47. The van der Waals surface area contributed by atoms with Crippen LogP contribution in [-0.2, 0) is 23.1 Å². The summed E-state index contributed by atoms with van der Waals surface area (Å²) in [5.41, 5.74) is 0. The second-order valence-electron chi connectivity index (χ2n) is 4.72. The number of carbonyl (C=O) groups excluding carboxylic acids is 1. The predicted octanol–water partition coefficient (Wildman–Crippen LogP) is -0.243. The highest BCUT2D eigenvalue weighted by Crippen LogP contribution is 2.11. The minimum atomic E-state index is -1.05. The normalized spacial score (nSPS) is 18.9. The van der Waals surface area contributed by atoms with Gasteiger partial charge in [0.05, 0.1) is 19.8 Å². The van der Waals surface area contributed by atoms with Gasteiger partial charge in [0.1, 0.15) is 5.82 Å². The van der Waals surface area contributed by atoms with E-state index in [1.807, 2.05) is 11.6 Å². The quantitative estimate of drug-likeness (QED) is 0.826. The summed E-state index contributed by atoms with van der Waals surface area (Å²) in [6.45, 7) is 0.982. The van der Waals surface area contributed by atoms with Gasteiger partial charge in [-0.1, -0.05) is 0 Å². The number of hydrogen-bond donors (Lipinski definition) is 1. The van der Waals surface area contributed by atoms with Crippen molar-refractivity contribution >= 4 is 12.0 Å². The van der Waals surface area contributed by atoms with Crippen LogP contribution in [0.15, 0.2) is 12.4 Å². The number of morpholine rings is 1. The number of ether oxygens (including phenoxy) is 1. The maximum Gasteiger partial charge on any atom is 0.328 e. The van der Waals surface area contributed by atoms with Gasteiger partial charge in [0, 0.05) is 33.0 Å². The van der Waals surface area contributed by atoms with Crippen molar-refractivity contribution < 1.29 is 19.4 Å². The molecule has 0 spiro atoms. The summed E-state index contributed by atoms with van der Waals surface area (Å²) >= 11 is 0. The van der Waals surface area contributed by atoms with Crippen molar-refractivity contribution in [2.75, 3.05) is 26.8 Å². The van der Waals surface area contributed by atoms with Crippen molar-refractivity contribution in [3.05, 3.63) is 18.2 Å². The third-order valence-corrected chi connectivity index (χ3v) is 3.29. The van der Waals surface area contributed by atoms with E-state index in [1.54, 1.807) is 19.4 Å². The Balaban J connectivity index is 2.05. The first kappa shape index (κ1) is 14.3. The van der Waals surface area contributed by atoms with Crippen LogP contribution in [0, 0.1) is 0 Å². The maximum absolute atomic E-state index is 12.3. The van der Waals surface area contributed by atoms with Crippen LogP contribution in [0.3, 0.4) is 0 Å². The van der Waals surface area contributed by atoms with Gasteiger partial charge >= 0.3 is 12.0 Å². The van der Waals surface area contributed by atoms with E-state index in [0.717, 1.165) is 5.82 Å². The van der Waals surface area contributed by atoms with Crippen LogP contribution in [-0.4, -0.2) is 69.3 Å². The van der Waals surface area contributed by atoms with E-state index in [4.69, 9.17) is 9.84 Å². The Labute approximate surface area is 116 Å². The second kappa shape index (κ2) is 5.91. The lowest BCUT2D eigenvalue weighted by Crippen LogP contribution is -2.55. The molecule has 1 aromatic heterocycles. The summed E-state index contributed by atoms with van der Waals surface area (Å²) in [6, 6.07) is -1.26. The number of urea groups is 1. The zero-order chi connectivity index (χ0) is 14.7. The molecule has 1 N–H and O–H groups in total. The Kier molecular flexibility index (Phi) is 4.23. The number of nitrogens with zero attached hydrogens (tertiary/aromatic N) is 4. The molecule has 0 saturated carbocycles. The lowest BCUT2D eigenvalue weighted by atomic mass is 10.2. The molecule has 8 heteroatoms. The lowest BCUT2D eigenvalue weighted by Gasteiger charge is -2.35. The van der Waals surface area contributed by atoms with Gasteiger partial charge in [0.15, 0.2) is 6.04 Å². The molecule has 0 aliphatic carbocycles. The van der Waals surface area contributed by atoms with Gasteiger partial charge in [-0.25, -0.2) is 14.6 Å². The number of aliphatic carboxylic acids is 1. The van der Waals surface area contributed by atoms with Crippen LogP contribution in [0.4, 0.5) is 4.79 Å². The number of imidazole rings is 1. The Morgan fingerprint density at radius 2 is 2.35 bits per heavy atom. The molecule has 2 heterocycles. The zero-order valence-corrected chi connectivity index (χ0v) is 11.5. The largest absolute Gasteiger partial charge is 0.480 e. The number of carboxylic acids is 1. The number of carbonyl (C=O) groups is 2. The van der Waals surface area contributed by atoms with Crippen molar-refractivity contribution in [3.63, 3.8) is 0 Å². The number of hydrogen-bond acceptors (Lipinski definition) is 4. The van der Waals surface area contributed by atoms with E-state index in [9.17, 15) is 9.59 Å². The molecule has 0 aromatic carbocycles. The van der Waals surface area contributed by atoms with Crippen LogP contribution in [0.25, 0.3) is 0 Å². The van der Waals surface area contributed by atoms with Gasteiger partial charge in [-0.3, -0.25) is 0 Å². The molecule has 20 heavy (non-hydrogen) atoms. The molecule has 2 rings (SSSR count). The summed E-state index contributed by atoms with van der Waals surface area (Å²) in [5.74, 6) is -0.315. The van der Waals surface area contributed by atoms with Crippen LogP contribution in [0.2, 0.25) is 0 Å². The van der Waals surface area contributed by atoms with Crippen LogP contribution >= 0.6 is 0 Å². The van der Waals surface area contributed by atoms with Crippen molar-refractivity contribution in [1.82, 2.24) is 19.4 Å². The Bertz CT molecular complexity index is 501. The highest BCUT2D eigenvalue weighted by Gasteiger charge is 2.34. The first-order valence-corrected chi connectivity index (χ1v) is 6.29. The molecule has 2 amide bonds. The summed E-state index contributed by atoms with van der Waals surface area (Å²) in [5, 5.41) is 9.13. The molecule has 1 unspecified atom stereocenters. The van der Waals surface area contributed by atoms with Crippen LogP contribution < -0.4 is 0 Å². The standard InChI is InChI=1S/C12H18N4O4/c1-14-4-3-13-10(14)7-15(2)12(19)16-5-6-20-8-9(16)11(17)18/h3-4,9H,5-8H2,1-2H3,(H,17,18). The number of carboxylic acid groups (broad SMARTS) is 1. The smallest absolute Gasteiger partial charge is 0.328 e. The first-order valence-electron chi connectivity index (χ1n) is 6.29. The lowest BCUT2D eigenvalue weighted by molar-refractivity contribution is -0.147. The number of aromatic nitrogens is 2. The Hall–Kier alpha value is -2.09. The van der Waals surface area contributed by atoms with E-state index in [-0.39, 0.29) is 19.2 Å². The van der Waals surface area contributed by atoms with Gasteiger partial charge in [0.2, 0.25) is 0 Å². The average Bonchev–Trinajstić information content (AvgIpc) is 2.83. The molecule has 0 radical (unpaired) electrons. The second-order valence-corrected chi connectivity index (χ2v) is 4.72. The molecule has 1 aromatic rings. The zero-order valence-electron chi connectivity index (χ0n) is 11.5. The summed E-state index contributed by atoms with van der Waals surface area (Å²) in [4.78, 5) is 30.4. The number of aryl methyl sites for hydroxylation is 1. The maximum atomic E-state index is 12.3. The van der Waals surface area contributed by atoms with Gasteiger partial charge in [-0.2, -0.15) is 0 Å². The molecular formula is C12H18N4O4. The van der Waals surface area contributed by atoms with Gasteiger partial charge in [-0.15, -0.1) is 0 Å². The van der Waals surface area contributed by atoms with E-state index >= 15 is 0 Å². The van der Waals surface area contributed by atoms with Crippen molar-refractivity contribution in [1.29, 1.82) is 0 Å². The van der Waals surface area contributed by atoms with Crippen molar-refractivity contribution in [3.8, 4) is 0 Å². The van der Waals surface area contributed by atoms with E-state index in [0.29, 0.717) is 13.2 Å². The Morgan fingerprint density at radius 3 is 2.95 bits per heavy atom. The SMILES string of the molecule is CN(Cc1nccn1C)C(=O)N1CCOCC1C(=O)O. The van der Waals surface area contributed by atoms with Gasteiger partial charge in [0.25, 0.3) is 0 Å². The van der Waals surface area contributed by atoms with Gasteiger partial charge in [-0.05, 0) is 0 Å². The third-order valence-electron chi connectivity index (χ3n) is 3.29. The van der Waals surface area contributed by atoms with E-state index < -0.39 is 12.0 Å². The topological polar surface area (TPSA) is 87.9 Å². The highest BCUT2D eigenvalue weighted by molar-refractivity contribution is 5.82. The molecule has 1 aliphatic heterocycles. The molecule has 1 saturated heterocycles. The fourth-order valence-electron chi connectivity index (χ4n) is 2.09. The predicted molar refractivity (Wildman–Crippen MR) is 69.0 cm³/mol. The molecule has 8 nitrogen and oxygen atoms in total. The first-order chi connectivity index (χ1) is 9.50. The minimum absolute atomic E-state index is 0.0251. The molecule has 1 fully saturated rings. The number of amides is 2. The fourth-order valence-corrected chi connectivity index (χ4v) is 2.09. The monoisotopic (exact) mass is 282 g/mol. The summed E-state index contributed by atoms with van der Waals surface area (Å²) < 4.78 is 6.94. The summed E-state index contributed by atoms with van der Waals surface area (Å²) in [6.07, 6.45) is 3.45. The van der Waals surface area contributed by atoms with Crippen molar-refractivity contribution in [2.24, 2.45) is 7.05 Å². The van der Waals surface area contributed by atoms with Crippen LogP contribution in [0.5, 0.6) is 0 Å². The minimum Gasteiger partial charge on any atom is -0.480 e.